The molecule has 0 bridgehead atoms. The predicted octanol–water partition coefficient (Wildman–Crippen LogP) is 4.18. The number of amidine groups is 1. The molecule has 4 nitrogen and oxygen atoms in total. The minimum absolute atomic E-state index is 0.230. The first-order chi connectivity index (χ1) is 11.6. The molecule has 1 heterocycles. The van der Waals surface area contributed by atoms with Crippen molar-refractivity contribution in [3.63, 3.8) is 0 Å². The molecule has 6 heteroatoms. The van der Waals surface area contributed by atoms with Gasteiger partial charge in [0.1, 0.15) is 0 Å². The maximum absolute atomic E-state index is 13.8. The number of hydrazone groups is 1. The van der Waals surface area contributed by atoms with Gasteiger partial charge in [-0.3, -0.25) is 5.43 Å². The van der Waals surface area contributed by atoms with Gasteiger partial charge in [-0.2, -0.15) is 5.10 Å². The lowest BCUT2D eigenvalue weighted by molar-refractivity contribution is 0.386. The fourth-order valence-electron chi connectivity index (χ4n) is 2.41. The molecule has 2 aromatic carbocycles. The summed E-state index contributed by atoms with van der Waals surface area (Å²) in [5.41, 5.74) is 7.72. The quantitative estimate of drug-likeness (QED) is 0.909. The summed E-state index contributed by atoms with van der Waals surface area (Å²) in [6.45, 7) is 4.09. The van der Waals surface area contributed by atoms with Crippen molar-refractivity contribution in [2.24, 2.45) is 10.1 Å². The molecule has 0 aromatic heterocycles. The summed E-state index contributed by atoms with van der Waals surface area (Å²) in [6.07, 6.45) is 0. The molecule has 2 aromatic rings. The largest absolute Gasteiger partial charge is 0.494 e. The highest BCUT2D eigenvalue weighted by molar-refractivity contribution is 8.14. The van der Waals surface area contributed by atoms with E-state index in [4.69, 9.17) is 4.74 Å². The van der Waals surface area contributed by atoms with Crippen LogP contribution in [0.2, 0.25) is 0 Å². The maximum atomic E-state index is 13.8. The van der Waals surface area contributed by atoms with Crippen LogP contribution < -0.4 is 10.2 Å². The van der Waals surface area contributed by atoms with Crippen LogP contribution in [0.3, 0.4) is 0 Å². The topological polar surface area (TPSA) is 46.0 Å². The van der Waals surface area contributed by atoms with Crippen molar-refractivity contribution in [1.29, 1.82) is 0 Å². The molecular weight excluding hydrogens is 325 g/mol. The number of halogens is 1. The van der Waals surface area contributed by atoms with Gasteiger partial charge in [-0.05, 0) is 43.7 Å². The molecule has 1 aliphatic rings. The Bertz CT molecular complexity index is 833. The van der Waals surface area contributed by atoms with Crippen molar-refractivity contribution in [3.8, 4) is 5.75 Å². The number of nitrogens with zero attached hydrogens (tertiary/aromatic N) is 2. The summed E-state index contributed by atoms with van der Waals surface area (Å²) in [7, 11) is 1.45. The number of hydrogen-bond donors (Lipinski definition) is 1. The van der Waals surface area contributed by atoms with Crippen LogP contribution in [-0.4, -0.2) is 23.7 Å². The molecule has 0 radical (unpaired) electrons. The van der Waals surface area contributed by atoms with E-state index in [1.807, 2.05) is 19.1 Å². The number of thioether (sulfide) groups is 1. The molecule has 3 rings (SSSR count). The summed E-state index contributed by atoms with van der Waals surface area (Å²) in [5, 5.41) is 5.06. The molecule has 0 unspecified atom stereocenters. The number of ether oxygens (including phenoxy) is 1. The van der Waals surface area contributed by atoms with E-state index in [0.29, 0.717) is 5.75 Å². The van der Waals surface area contributed by atoms with Gasteiger partial charge in [0, 0.05) is 11.3 Å². The van der Waals surface area contributed by atoms with Crippen LogP contribution in [0.15, 0.2) is 46.5 Å². The smallest absolute Gasteiger partial charge is 0.182 e. The van der Waals surface area contributed by atoms with E-state index in [2.05, 4.69) is 28.5 Å². The normalized spacial score (nSPS) is 15.8. The zero-order chi connectivity index (χ0) is 17.1. The van der Waals surface area contributed by atoms with Gasteiger partial charge in [-0.15, -0.1) is 0 Å². The second-order valence-corrected chi connectivity index (χ2v) is 6.48. The third-order valence-corrected chi connectivity index (χ3v) is 4.57. The Morgan fingerprint density at radius 3 is 2.67 bits per heavy atom. The van der Waals surface area contributed by atoms with Crippen LogP contribution in [0.4, 0.5) is 10.1 Å². The van der Waals surface area contributed by atoms with Crippen LogP contribution in [-0.2, 0) is 0 Å². The Morgan fingerprint density at radius 1 is 1.21 bits per heavy atom. The number of aryl methyl sites for hydroxylation is 2. The van der Waals surface area contributed by atoms with E-state index < -0.39 is 5.82 Å². The molecule has 0 spiro atoms. The molecule has 0 saturated carbocycles. The van der Waals surface area contributed by atoms with E-state index in [9.17, 15) is 4.39 Å². The number of rotatable bonds is 3. The lowest BCUT2D eigenvalue weighted by atomic mass is 10.1. The second kappa shape index (κ2) is 7.05. The second-order valence-electron chi connectivity index (χ2n) is 5.52. The third kappa shape index (κ3) is 3.59. The molecule has 0 saturated heterocycles. The number of nitrogens with one attached hydrogen (secondary N) is 1. The van der Waals surface area contributed by atoms with E-state index in [1.165, 1.54) is 18.7 Å². The Labute approximate surface area is 144 Å². The average Bonchev–Trinajstić information content (AvgIpc) is 2.58. The van der Waals surface area contributed by atoms with Crippen molar-refractivity contribution >= 4 is 28.3 Å². The first-order valence-electron chi connectivity index (χ1n) is 7.52. The van der Waals surface area contributed by atoms with Crippen LogP contribution >= 0.6 is 11.8 Å². The number of aliphatic imine (C=N–C) groups is 1. The molecule has 124 valence electrons. The van der Waals surface area contributed by atoms with Crippen LogP contribution in [0.1, 0.15) is 16.7 Å². The maximum Gasteiger partial charge on any atom is 0.182 e. The number of hydrogen-bond acceptors (Lipinski definition) is 4. The van der Waals surface area contributed by atoms with Gasteiger partial charge < -0.3 is 4.74 Å². The van der Waals surface area contributed by atoms with Crippen molar-refractivity contribution in [2.75, 3.05) is 12.9 Å². The van der Waals surface area contributed by atoms with E-state index in [0.717, 1.165) is 27.7 Å². The number of benzene rings is 2. The Hall–Kier alpha value is -2.34. The zero-order valence-corrected chi connectivity index (χ0v) is 14.6. The minimum atomic E-state index is -0.391. The van der Waals surface area contributed by atoms with Crippen molar-refractivity contribution in [1.82, 2.24) is 5.43 Å². The fourth-order valence-corrected chi connectivity index (χ4v) is 3.19. The molecule has 0 fully saturated rings. The first kappa shape index (κ1) is 16.5. The lowest BCUT2D eigenvalue weighted by Crippen LogP contribution is -2.25. The molecule has 24 heavy (non-hydrogen) atoms. The summed E-state index contributed by atoms with van der Waals surface area (Å²) in [6, 6.07) is 11.0. The fraction of sp³-hybridized carbons (Fsp3) is 0.222. The van der Waals surface area contributed by atoms with Crippen molar-refractivity contribution in [2.45, 2.75) is 13.8 Å². The summed E-state index contributed by atoms with van der Waals surface area (Å²) in [4.78, 5) is 4.60. The van der Waals surface area contributed by atoms with Gasteiger partial charge in [-0.1, -0.05) is 29.5 Å². The SMILES string of the molecule is COc1ccc(C2=NNC(=Nc3ccc(C)cc3C)SC2)cc1F. The summed E-state index contributed by atoms with van der Waals surface area (Å²) in [5.74, 6) is 0.466. The van der Waals surface area contributed by atoms with Gasteiger partial charge in [-0.25, -0.2) is 9.38 Å². The highest BCUT2D eigenvalue weighted by Gasteiger charge is 2.15. The third-order valence-electron chi connectivity index (χ3n) is 3.69. The first-order valence-corrected chi connectivity index (χ1v) is 8.50. The molecule has 0 aliphatic carbocycles. The number of methoxy groups -OCH3 is 1. The predicted molar refractivity (Wildman–Crippen MR) is 98.1 cm³/mol. The Morgan fingerprint density at radius 2 is 2.04 bits per heavy atom. The monoisotopic (exact) mass is 343 g/mol. The standard InChI is InChI=1S/C18H18FN3OS/c1-11-4-6-15(12(2)8-11)20-18-22-21-16(10-24-18)13-5-7-17(23-3)14(19)9-13/h4-9H,10H2,1-3H3,(H,20,22). The van der Waals surface area contributed by atoms with E-state index in [-0.39, 0.29) is 5.75 Å². The van der Waals surface area contributed by atoms with Crippen molar-refractivity contribution < 1.29 is 9.13 Å². The van der Waals surface area contributed by atoms with E-state index in [1.54, 1.807) is 23.9 Å². The lowest BCUT2D eigenvalue weighted by Gasteiger charge is -2.15. The van der Waals surface area contributed by atoms with Gasteiger partial charge >= 0.3 is 0 Å². The van der Waals surface area contributed by atoms with Gasteiger partial charge in [0.05, 0.1) is 18.5 Å². The molecule has 0 amide bonds. The zero-order valence-electron chi connectivity index (χ0n) is 13.8. The summed E-state index contributed by atoms with van der Waals surface area (Å²) < 4.78 is 18.8. The average molecular weight is 343 g/mol. The van der Waals surface area contributed by atoms with Gasteiger partial charge in [0.15, 0.2) is 16.7 Å². The highest BCUT2D eigenvalue weighted by atomic mass is 32.2. The highest BCUT2D eigenvalue weighted by Crippen LogP contribution is 2.24. The Balaban J connectivity index is 1.78. The van der Waals surface area contributed by atoms with Crippen LogP contribution in [0, 0.1) is 19.7 Å². The molecule has 1 N–H and O–H groups in total. The molecule has 0 atom stereocenters. The van der Waals surface area contributed by atoms with Crippen LogP contribution in [0.25, 0.3) is 0 Å². The minimum Gasteiger partial charge on any atom is -0.494 e. The van der Waals surface area contributed by atoms with E-state index >= 15 is 0 Å². The van der Waals surface area contributed by atoms with Crippen LogP contribution in [0.5, 0.6) is 5.75 Å². The van der Waals surface area contributed by atoms with Crippen molar-refractivity contribution in [3.05, 3.63) is 58.9 Å². The van der Waals surface area contributed by atoms with Gasteiger partial charge in [0.25, 0.3) is 0 Å². The molecule has 1 aliphatic heterocycles. The Kier molecular flexibility index (Phi) is 4.85. The van der Waals surface area contributed by atoms with Gasteiger partial charge in [0.2, 0.25) is 0 Å². The molecular formula is C18H18FN3OS. The summed E-state index contributed by atoms with van der Waals surface area (Å²) >= 11 is 1.54.